The summed E-state index contributed by atoms with van der Waals surface area (Å²) in [6.07, 6.45) is 18.2. The third-order valence-electron chi connectivity index (χ3n) is 6.92. The quantitative estimate of drug-likeness (QED) is 0.203. The van der Waals surface area contributed by atoms with Gasteiger partial charge in [-0.25, -0.2) is 0 Å². The van der Waals surface area contributed by atoms with Crippen LogP contribution in [0.1, 0.15) is 79.1 Å². The molecule has 2 rings (SSSR count). The van der Waals surface area contributed by atoms with Crippen molar-refractivity contribution in [3.8, 4) is 0 Å². The first-order valence-electron chi connectivity index (χ1n) is 11.2. The average molecular weight is 373 g/mol. The molecule has 0 aliphatic carbocycles. The summed E-state index contributed by atoms with van der Waals surface area (Å²) in [6, 6.07) is 0.817. The molecule has 2 aliphatic heterocycles. The molecule has 0 N–H and O–H groups in total. The molecular formula is C25H42NO+. The molecule has 2 fully saturated rings. The summed E-state index contributed by atoms with van der Waals surface area (Å²) in [5, 5.41) is 0. The fourth-order valence-electron chi connectivity index (χ4n) is 5.04. The molecule has 0 spiro atoms. The number of hydrogen-bond donors (Lipinski definition) is 0. The highest BCUT2D eigenvalue weighted by Gasteiger charge is 2.46. The van der Waals surface area contributed by atoms with Crippen molar-refractivity contribution in [1.29, 1.82) is 0 Å². The number of Topliss-reactive ketones (excluding diaryl/α,β-unsaturated/α-hetero) is 1. The van der Waals surface area contributed by atoms with Crippen molar-refractivity contribution in [2.75, 3.05) is 20.1 Å². The first-order chi connectivity index (χ1) is 12.8. The molecule has 152 valence electrons. The summed E-state index contributed by atoms with van der Waals surface area (Å²) in [4.78, 5) is 12.5. The zero-order chi connectivity index (χ0) is 19.9. The van der Waals surface area contributed by atoms with Gasteiger partial charge in [-0.3, -0.25) is 4.79 Å². The van der Waals surface area contributed by atoms with Gasteiger partial charge < -0.3 is 4.48 Å². The fraction of sp³-hybridized carbons (Fsp3) is 0.720. The Kier molecular flexibility index (Phi) is 8.54. The van der Waals surface area contributed by atoms with E-state index >= 15 is 0 Å². The summed E-state index contributed by atoms with van der Waals surface area (Å²) in [7, 11) is 2.44. The summed E-state index contributed by atoms with van der Waals surface area (Å²) in [6.45, 7) is 11.2. The Morgan fingerprint density at radius 3 is 2.67 bits per heavy atom. The van der Waals surface area contributed by atoms with Crippen molar-refractivity contribution in [2.24, 2.45) is 11.8 Å². The van der Waals surface area contributed by atoms with Crippen LogP contribution in [0.4, 0.5) is 0 Å². The molecule has 0 aromatic heterocycles. The molecule has 27 heavy (non-hydrogen) atoms. The van der Waals surface area contributed by atoms with E-state index in [4.69, 9.17) is 0 Å². The lowest BCUT2D eigenvalue weighted by Gasteiger charge is -2.41. The molecule has 2 aliphatic rings. The van der Waals surface area contributed by atoms with E-state index in [9.17, 15) is 4.79 Å². The largest absolute Gasteiger partial charge is 0.323 e. The predicted molar refractivity (Wildman–Crippen MR) is 117 cm³/mol. The van der Waals surface area contributed by atoms with E-state index in [0.29, 0.717) is 11.7 Å². The van der Waals surface area contributed by atoms with Gasteiger partial charge in [0.2, 0.25) is 0 Å². The summed E-state index contributed by atoms with van der Waals surface area (Å²) in [5.74, 6) is 1.66. The second-order valence-electron chi connectivity index (χ2n) is 9.57. The molecular weight excluding hydrogens is 330 g/mol. The SMILES string of the molecule is CC(C)=CCCC(C)/C=C/C=C(\C)C(=O)CCC1CC[N+]2(C)CCCCC12. The number of quaternary nitrogens is 1. The molecule has 0 aromatic carbocycles. The average Bonchev–Trinajstić information content (AvgIpc) is 2.95. The van der Waals surface area contributed by atoms with E-state index in [1.54, 1.807) is 0 Å². The van der Waals surface area contributed by atoms with Crippen molar-refractivity contribution in [3.63, 3.8) is 0 Å². The van der Waals surface area contributed by atoms with Crippen LogP contribution in [0.3, 0.4) is 0 Å². The van der Waals surface area contributed by atoms with Gasteiger partial charge in [-0.1, -0.05) is 36.8 Å². The third kappa shape index (κ3) is 6.75. The Morgan fingerprint density at radius 1 is 1.15 bits per heavy atom. The standard InChI is InChI=1S/C25H42NO/c1-20(2)10-8-11-21(3)12-9-13-22(4)25(27)16-15-23-17-19-26(5)18-7-6-14-24(23)26/h9-10,12-13,21,23-24H,6-8,11,14-19H2,1-5H3/q+1/b12-9+,22-13+. The van der Waals surface area contributed by atoms with Gasteiger partial charge in [0.15, 0.2) is 5.78 Å². The van der Waals surface area contributed by atoms with Crippen molar-refractivity contribution in [1.82, 2.24) is 0 Å². The molecule has 0 amide bonds. The van der Waals surface area contributed by atoms with Crippen LogP contribution < -0.4 is 0 Å². The zero-order valence-corrected chi connectivity index (χ0v) is 18.5. The summed E-state index contributed by atoms with van der Waals surface area (Å²) < 4.78 is 1.28. The van der Waals surface area contributed by atoms with Crippen LogP contribution >= 0.6 is 0 Å². The van der Waals surface area contributed by atoms with E-state index in [-0.39, 0.29) is 0 Å². The van der Waals surface area contributed by atoms with Crippen LogP contribution in [-0.4, -0.2) is 36.4 Å². The minimum absolute atomic E-state index is 0.341. The monoisotopic (exact) mass is 372 g/mol. The number of ketones is 1. The van der Waals surface area contributed by atoms with Gasteiger partial charge in [0.25, 0.3) is 0 Å². The molecule has 0 radical (unpaired) electrons. The predicted octanol–water partition coefficient (Wildman–Crippen LogP) is 6.24. The van der Waals surface area contributed by atoms with Gasteiger partial charge >= 0.3 is 0 Å². The minimum Gasteiger partial charge on any atom is -0.323 e. The molecule has 0 aromatic rings. The number of fused-ring (bicyclic) bond motifs is 1. The van der Waals surface area contributed by atoms with E-state index < -0.39 is 0 Å². The highest BCUT2D eigenvalue weighted by atomic mass is 16.1. The second-order valence-corrected chi connectivity index (χ2v) is 9.57. The van der Waals surface area contributed by atoms with Gasteiger partial charge in [-0.2, -0.15) is 0 Å². The van der Waals surface area contributed by atoms with Gasteiger partial charge in [0.05, 0.1) is 26.2 Å². The molecule has 4 atom stereocenters. The van der Waals surface area contributed by atoms with Crippen LogP contribution in [-0.2, 0) is 4.79 Å². The van der Waals surface area contributed by atoms with E-state index in [1.165, 1.54) is 55.2 Å². The van der Waals surface area contributed by atoms with Crippen LogP contribution in [0.5, 0.6) is 0 Å². The molecule has 2 saturated heterocycles. The zero-order valence-electron chi connectivity index (χ0n) is 18.5. The minimum atomic E-state index is 0.341. The number of carbonyl (C=O) groups excluding carboxylic acids is 1. The van der Waals surface area contributed by atoms with Crippen molar-refractivity contribution < 1.29 is 9.28 Å². The maximum absolute atomic E-state index is 12.5. The first kappa shape index (κ1) is 22.1. The van der Waals surface area contributed by atoms with Gasteiger partial charge in [-0.15, -0.1) is 0 Å². The Morgan fingerprint density at radius 2 is 1.93 bits per heavy atom. The summed E-state index contributed by atoms with van der Waals surface area (Å²) >= 11 is 0. The van der Waals surface area contributed by atoms with E-state index in [2.05, 4.69) is 46.0 Å². The smallest absolute Gasteiger partial charge is 0.158 e. The maximum Gasteiger partial charge on any atom is 0.158 e. The van der Waals surface area contributed by atoms with E-state index in [0.717, 1.165) is 36.8 Å². The molecule has 0 bridgehead atoms. The number of piperidine rings is 1. The summed E-state index contributed by atoms with van der Waals surface area (Å²) in [5.41, 5.74) is 2.31. The topological polar surface area (TPSA) is 17.1 Å². The van der Waals surface area contributed by atoms with Crippen molar-refractivity contribution >= 4 is 5.78 Å². The lowest BCUT2D eigenvalue weighted by molar-refractivity contribution is -0.927. The molecule has 2 heteroatoms. The fourth-order valence-corrected chi connectivity index (χ4v) is 5.04. The normalized spacial score (nSPS) is 29.6. The lowest BCUT2D eigenvalue weighted by atomic mass is 9.87. The van der Waals surface area contributed by atoms with Crippen LogP contribution in [0.25, 0.3) is 0 Å². The number of carbonyl (C=O) groups is 1. The van der Waals surface area contributed by atoms with Crippen LogP contribution in [0.15, 0.2) is 35.5 Å². The van der Waals surface area contributed by atoms with Gasteiger partial charge in [0.1, 0.15) is 0 Å². The number of nitrogens with zero attached hydrogens (tertiary/aromatic N) is 1. The molecule has 2 heterocycles. The Balaban J connectivity index is 1.75. The van der Waals surface area contributed by atoms with Gasteiger partial charge in [-0.05, 0) is 70.8 Å². The maximum atomic E-state index is 12.5. The Bertz CT molecular complexity index is 581. The Labute approximate surface area is 168 Å². The van der Waals surface area contributed by atoms with Crippen LogP contribution in [0.2, 0.25) is 0 Å². The first-order valence-corrected chi connectivity index (χ1v) is 11.2. The van der Waals surface area contributed by atoms with Crippen LogP contribution in [0, 0.1) is 11.8 Å². The van der Waals surface area contributed by atoms with Crippen molar-refractivity contribution in [3.05, 3.63) is 35.5 Å². The highest BCUT2D eigenvalue weighted by molar-refractivity contribution is 5.94. The van der Waals surface area contributed by atoms with Crippen molar-refractivity contribution in [2.45, 2.75) is 85.1 Å². The lowest BCUT2D eigenvalue weighted by Crippen LogP contribution is -2.52. The Hall–Kier alpha value is -1.15. The molecule has 0 saturated carbocycles. The number of allylic oxidation sites excluding steroid dienone is 6. The third-order valence-corrected chi connectivity index (χ3v) is 6.92. The molecule has 4 unspecified atom stereocenters. The number of rotatable bonds is 9. The van der Waals surface area contributed by atoms with Gasteiger partial charge in [0, 0.05) is 18.8 Å². The van der Waals surface area contributed by atoms with E-state index in [1.807, 2.05) is 13.0 Å². The second kappa shape index (κ2) is 10.4. The highest BCUT2D eigenvalue weighted by Crippen LogP contribution is 2.39. The molecule has 2 nitrogen and oxygen atoms in total. The number of hydrogen-bond acceptors (Lipinski definition) is 1.